The van der Waals surface area contributed by atoms with Crippen LogP contribution < -0.4 is 14.8 Å². The summed E-state index contributed by atoms with van der Waals surface area (Å²) in [5.74, 6) is -2.21. The number of aliphatic hydroxyl groups is 1. The summed E-state index contributed by atoms with van der Waals surface area (Å²) in [6.07, 6.45) is 0.358. The van der Waals surface area contributed by atoms with Gasteiger partial charge in [0.2, 0.25) is 5.88 Å². The quantitative estimate of drug-likeness (QED) is 0.350. The summed E-state index contributed by atoms with van der Waals surface area (Å²) < 4.78 is 46.5. The number of ether oxygens (including phenoxy) is 3. The normalized spacial score (nSPS) is 20.9. The predicted molar refractivity (Wildman–Crippen MR) is 167 cm³/mol. The number of nitrogens with zero attached hydrogens (tertiary/aromatic N) is 6. The molecule has 1 amide bonds. The molecule has 3 aromatic rings. The van der Waals surface area contributed by atoms with Gasteiger partial charge in [-0.15, -0.1) is 0 Å². The zero-order valence-corrected chi connectivity index (χ0v) is 26.2. The molecule has 2 N–H and O–H groups in total. The van der Waals surface area contributed by atoms with Gasteiger partial charge in [-0.25, -0.2) is 18.7 Å². The Hall–Kier alpha value is -4.45. The Morgan fingerprint density at radius 2 is 1.91 bits per heavy atom. The Bertz CT molecular complexity index is 1640. The van der Waals surface area contributed by atoms with Crippen LogP contribution in [0.2, 0.25) is 0 Å². The second kappa shape index (κ2) is 13.7. The third-order valence-electron chi connectivity index (χ3n) is 8.98. The van der Waals surface area contributed by atoms with Gasteiger partial charge >= 0.3 is 5.92 Å². The van der Waals surface area contributed by atoms with Crippen LogP contribution in [0.4, 0.5) is 20.4 Å². The number of carbonyl (C=O) groups is 1. The summed E-state index contributed by atoms with van der Waals surface area (Å²) in [7, 11) is 1.61. The van der Waals surface area contributed by atoms with Crippen molar-refractivity contribution in [3.8, 4) is 29.0 Å². The van der Waals surface area contributed by atoms with Crippen molar-refractivity contribution < 1.29 is 32.9 Å². The predicted octanol–water partition coefficient (Wildman–Crippen LogP) is 3.74. The number of aliphatic hydroxyl groups excluding tert-OH is 1. The number of aromatic nitrogens is 3. The Labute approximate surface area is 271 Å². The highest BCUT2D eigenvalue weighted by Crippen LogP contribution is 2.36. The smallest absolute Gasteiger partial charge is 0.301 e. The minimum atomic E-state index is -3.38. The molecule has 47 heavy (non-hydrogen) atoms. The van der Waals surface area contributed by atoms with Gasteiger partial charge < -0.3 is 29.5 Å². The first kappa shape index (κ1) is 32.5. The number of nitrogens with one attached hydrogen (secondary N) is 1. The maximum Gasteiger partial charge on any atom is 0.301 e. The van der Waals surface area contributed by atoms with E-state index in [9.17, 15) is 23.9 Å². The summed E-state index contributed by atoms with van der Waals surface area (Å²) >= 11 is 0. The lowest BCUT2D eigenvalue weighted by molar-refractivity contribution is -0.165. The lowest BCUT2D eigenvalue weighted by atomic mass is 9.89. The number of hydrogen-bond donors (Lipinski definition) is 2. The van der Waals surface area contributed by atoms with Crippen LogP contribution in [0, 0.1) is 11.3 Å². The maximum atomic E-state index is 14.9. The summed E-state index contributed by atoms with van der Waals surface area (Å²) in [4.78, 5) is 28.8. The molecule has 3 aliphatic rings. The van der Waals surface area contributed by atoms with Crippen molar-refractivity contribution in [1.82, 2.24) is 24.8 Å². The van der Waals surface area contributed by atoms with Gasteiger partial charge in [0.1, 0.15) is 35.9 Å². The number of nitriles is 1. The molecule has 1 aromatic carbocycles. The van der Waals surface area contributed by atoms with Gasteiger partial charge in [-0.05, 0) is 69.1 Å². The van der Waals surface area contributed by atoms with Crippen molar-refractivity contribution in [2.75, 3.05) is 51.8 Å². The van der Waals surface area contributed by atoms with E-state index < -0.39 is 30.6 Å². The third kappa shape index (κ3) is 7.12. The van der Waals surface area contributed by atoms with E-state index in [2.05, 4.69) is 20.2 Å². The molecule has 0 radical (unpaired) electrons. The number of carbonyl (C=O) groups excluding carboxylic acids is 1. The van der Waals surface area contributed by atoms with E-state index in [1.165, 1.54) is 25.4 Å². The lowest BCUT2D eigenvalue weighted by Gasteiger charge is -2.41. The van der Waals surface area contributed by atoms with E-state index in [0.29, 0.717) is 40.7 Å². The highest BCUT2D eigenvalue weighted by Gasteiger charge is 2.48. The van der Waals surface area contributed by atoms with E-state index in [1.807, 2.05) is 18.2 Å². The zero-order valence-electron chi connectivity index (χ0n) is 26.2. The number of amides is 1. The van der Waals surface area contributed by atoms with Crippen molar-refractivity contribution in [2.24, 2.45) is 0 Å². The fraction of sp³-hybridized carbons (Fsp3) is 0.485. The highest BCUT2D eigenvalue weighted by atomic mass is 19.3. The molecule has 1 unspecified atom stereocenters. The fourth-order valence-corrected chi connectivity index (χ4v) is 6.27. The lowest BCUT2D eigenvalue weighted by Crippen LogP contribution is -2.56. The Morgan fingerprint density at radius 3 is 2.57 bits per heavy atom. The molecule has 0 spiro atoms. The highest BCUT2D eigenvalue weighted by molar-refractivity contribution is 5.80. The van der Waals surface area contributed by atoms with Crippen LogP contribution >= 0.6 is 0 Å². The van der Waals surface area contributed by atoms with Gasteiger partial charge in [-0.1, -0.05) is 0 Å². The SMILES string of the molecule is COc1nc(Nc2cc(-c3ccc(O[C@@H]4CCN(C(=O)C(C)O)CC4(F)F)c(C#N)c3)ncn2)ccc1C1CCN(C2COC2)CC1. The molecule has 14 heteroatoms. The molecular weight excluding hydrogens is 612 g/mol. The number of halogens is 2. The molecular formula is C33H37F2N7O5. The van der Waals surface area contributed by atoms with Crippen LogP contribution in [0.5, 0.6) is 11.6 Å². The first-order chi connectivity index (χ1) is 22.6. The number of anilines is 2. The first-order valence-corrected chi connectivity index (χ1v) is 15.7. The number of likely N-dealkylation sites (tertiary alicyclic amines) is 2. The number of pyridine rings is 1. The summed E-state index contributed by atoms with van der Waals surface area (Å²) in [6.45, 7) is 4.04. The average Bonchev–Trinajstić information content (AvgIpc) is 3.05. The third-order valence-corrected chi connectivity index (χ3v) is 8.98. The standard InChI is InChI=1S/C33H37F2N7O5/c1-20(43)32(44)42-12-9-28(33(34,35)18-42)47-27-5-3-22(13-23(27)15-36)26-14-30(38-19-37-26)39-29-6-4-25(31(40-29)45-2)21-7-10-41(11-8-21)24-16-46-17-24/h3-6,13-14,19-21,24,28,43H,7-12,16-18H2,1-2H3,(H,37,38,39,40)/t20?,28-/m1/s1. The molecule has 2 aromatic heterocycles. The Kier molecular flexibility index (Phi) is 9.49. The average molecular weight is 650 g/mol. The Balaban J connectivity index is 1.12. The zero-order chi connectivity index (χ0) is 33.1. The summed E-state index contributed by atoms with van der Waals surface area (Å²) in [5, 5.41) is 22.5. The monoisotopic (exact) mass is 649 g/mol. The topological polar surface area (TPSA) is 146 Å². The second-order valence-electron chi connectivity index (χ2n) is 12.1. The van der Waals surface area contributed by atoms with Crippen molar-refractivity contribution >= 4 is 17.5 Å². The molecule has 2 atom stereocenters. The largest absolute Gasteiger partial charge is 0.483 e. The van der Waals surface area contributed by atoms with Gasteiger partial charge in [0.15, 0.2) is 6.10 Å². The van der Waals surface area contributed by atoms with Gasteiger partial charge in [0.05, 0.1) is 44.2 Å². The molecule has 0 saturated carbocycles. The van der Waals surface area contributed by atoms with E-state index in [0.717, 1.165) is 49.6 Å². The van der Waals surface area contributed by atoms with Gasteiger partial charge in [0, 0.05) is 30.2 Å². The van der Waals surface area contributed by atoms with Crippen molar-refractivity contribution in [3.63, 3.8) is 0 Å². The van der Waals surface area contributed by atoms with Crippen molar-refractivity contribution in [3.05, 3.63) is 53.9 Å². The second-order valence-corrected chi connectivity index (χ2v) is 12.1. The molecule has 5 heterocycles. The number of hydrogen-bond acceptors (Lipinski definition) is 11. The van der Waals surface area contributed by atoms with Gasteiger partial charge in [0.25, 0.3) is 5.91 Å². The first-order valence-electron chi connectivity index (χ1n) is 15.7. The van der Waals surface area contributed by atoms with Crippen LogP contribution in [-0.2, 0) is 9.53 Å². The molecule has 3 aliphatic heterocycles. The molecule has 248 valence electrons. The molecule has 12 nitrogen and oxygen atoms in total. The molecule has 0 bridgehead atoms. The van der Waals surface area contributed by atoms with Gasteiger partial charge in [-0.3, -0.25) is 9.69 Å². The molecule has 0 aliphatic carbocycles. The van der Waals surface area contributed by atoms with Crippen LogP contribution in [0.15, 0.2) is 42.7 Å². The number of piperidine rings is 2. The maximum absolute atomic E-state index is 14.9. The fourth-order valence-electron chi connectivity index (χ4n) is 6.27. The van der Waals surface area contributed by atoms with Crippen LogP contribution in [0.3, 0.4) is 0 Å². The number of methoxy groups -OCH3 is 1. The van der Waals surface area contributed by atoms with E-state index in [4.69, 9.17) is 19.2 Å². The minimum Gasteiger partial charge on any atom is -0.483 e. The van der Waals surface area contributed by atoms with E-state index in [1.54, 1.807) is 19.2 Å². The van der Waals surface area contributed by atoms with E-state index >= 15 is 0 Å². The molecule has 6 rings (SSSR count). The van der Waals surface area contributed by atoms with E-state index in [-0.39, 0.29) is 24.3 Å². The minimum absolute atomic E-state index is 0.0000222. The number of alkyl halides is 2. The van der Waals surface area contributed by atoms with Crippen LogP contribution in [0.25, 0.3) is 11.3 Å². The molecule has 3 fully saturated rings. The molecule has 3 saturated heterocycles. The van der Waals surface area contributed by atoms with Crippen molar-refractivity contribution in [2.45, 2.75) is 56.3 Å². The Morgan fingerprint density at radius 1 is 1.13 bits per heavy atom. The van der Waals surface area contributed by atoms with Crippen molar-refractivity contribution in [1.29, 1.82) is 5.26 Å². The van der Waals surface area contributed by atoms with Gasteiger partial charge in [-0.2, -0.15) is 10.2 Å². The van der Waals surface area contributed by atoms with Crippen LogP contribution in [0.1, 0.15) is 43.2 Å². The van der Waals surface area contributed by atoms with Crippen LogP contribution in [-0.4, -0.2) is 106 Å². The summed E-state index contributed by atoms with van der Waals surface area (Å²) in [5.41, 5.74) is 2.19. The number of benzene rings is 1. The number of rotatable bonds is 9. The summed E-state index contributed by atoms with van der Waals surface area (Å²) in [6, 6.07) is 12.8.